The van der Waals surface area contributed by atoms with Crippen molar-refractivity contribution in [1.82, 2.24) is 5.32 Å². The van der Waals surface area contributed by atoms with E-state index in [2.05, 4.69) is 0 Å². The van der Waals surface area contributed by atoms with Crippen molar-refractivity contribution in [2.75, 3.05) is 11.7 Å². The molecule has 0 radical (unpaired) electrons. The van der Waals surface area contributed by atoms with Crippen LogP contribution in [0.3, 0.4) is 0 Å². The van der Waals surface area contributed by atoms with Gasteiger partial charge in [0.2, 0.25) is 6.79 Å². The summed E-state index contributed by atoms with van der Waals surface area (Å²) >= 11 is 5.94. The summed E-state index contributed by atoms with van der Waals surface area (Å²) in [5.41, 5.74) is -1.71. The first-order chi connectivity index (χ1) is 14.1. The summed E-state index contributed by atoms with van der Waals surface area (Å²) in [5.74, 6) is -1.25. The number of carbonyl (C=O) groups is 3. The number of alkyl halides is 3. The number of urea groups is 1. The highest BCUT2D eigenvalue weighted by molar-refractivity contribution is 6.42. The molecule has 2 heterocycles. The summed E-state index contributed by atoms with van der Waals surface area (Å²) in [7, 11) is 0. The van der Waals surface area contributed by atoms with Crippen LogP contribution in [0.2, 0.25) is 5.02 Å². The van der Waals surface area contributed by atoms with Gasteiger partial charge in [-0.1, -0.05) is 17.7 Å². The van der Waals surface area contributed by atoms with Gasteiger partial charge in [-0.25, -0.2) is 9.69 Å². The molecule has 7 nitrogen and oxygen atoms in total. The number of ether oxygens (including phenoxy) is 2. The van der Waals surface area contributed by atoms with Crippen molar-refractivity contribution >= 4 is 41.2 Å². The Bertz CT molecular complexity index is 1130. The molecule has 11 heteroatoms. The molecule has 2 aliphatic rings. The Morgan fingerprint density at radius 2 is 1.77 bits per heavy atom. The predicted molar refractivity (Wildman–Crippen MR) is 98.0 cm³/mol. The highest BCUT2D eigenvalue weighted by Gasteiger charge is 2.39. The number of hydrogen-bond acceptors (Lipinski definition) is 5. The minimum absolute atomic E-state index is 0.0189. The number of nitrogens with one attached hydrogen (secondary N) is 1. The smallest absolute Gasteiger partial charge is 0.416 e. The number of amides is 4. The Morgan fingerprint density at radius 3 is 2.50 bits per heavy atom. The van der Waals surface area contributed by atoms with E-state index in [1.807, 2.05) is 5.32 Å². The van der Waals surface area contributed by atoms with Crippen molar-refractivity contribution in [3.63, 3.8) is 0 Å². The largest absolute Gasteiger partial charge is 0.454 e. The van der Waals surface area contributed by atoms with Crippen LogP contribution in [0, 0.1) is 0 Å². The fourth-order valence-electron chi connectivity index (χ4n) is 2.91. The molecule has 0 saturated carbocycles. The fourth-order valence-corrected chi connectivity index (χ4v) is 3.11. The second kappa shape index (κ2) is 7.06. The molecule has 0 spiro atoms. The van der Waals surface area contributed by atoms with Gasteiger partial charge in [-0.2, -0.15) is 13.2 Å². The fraction of sp³-hybridized carbons (Fsp3) is 0.105. The zero-order valence-electron chi connectivity index (χ0n) is 14.7. The summed E-state index contributed by atoms with van der Waals surface area (Å²) in [6.45, 7) is 0.0189. The van der Waals surface area contributed by atoms with E-state index in [1.54, 1.807) is 12.1 Å². The Hall–Kier alpha value is -3.53. The second-order valence-corrected chi connectivity index (χ2v) is 6.64. The van der Waals surface area contributed by atoms with Crippen molar-refractivity contribution in [1.29, 1.82) is 0 Å². The van der Waals surface area contributed by atoms with Crippen molar-refractivity contribution in [3.05, 3.63) is 58.1 Å². The summed E-state index contributed by atoms with van der Waals surface area (Å²) in [6.07, 6.45) is -3.55. The van der Waals surface area contributed by atoms with Crippen molar-refractivity contribution in [3.8, 4) is 11.5 Å². The zero-order valence-corrected chi connectivity index (χ0v) is 15.5. The van der Waals surface area contributed by atoms with Crippen molar-refractivity contribution in [2.45, 2.75) is 6.18 Å². The summed E-state index contributed by atoms with van der Waals surface area (Å²) < 4.78 is 49.6. The molecule has 1 saturated heterocycles. The molecule has 4 amide bonds. The normalized spacial score (nSPS) is 17.5. The third-order valence-electron chi connectivity index (χ3n) is 4.32. The van der Waals surface area contributed by atoms with Gasteiger partial charge >= 0.3 is 12.2 Å². The van der Waals surface area contributed by atoms with Gasteiger partial charge in [-0.05, 0) is 42.0 Å². The number of halogens is 4. The molecule has 0 atom stereocenters. The number of barbiturate groups is 1. The minimum atomic E-state index is -4.73. The quantitative estimate of drug-likeness (QED) is 0.570. The predicted octanol–water partition coefficient (Wildman–Crippen LogP) is 3.75. The van der Waals surface area contributed by atoms with Crippen LogP contribution in [-0.2, 0) is 15.8 Å². The molecule has 1 N–H and O–H groups in total. The molecule has 0 bridgehead atoms. The van der Waals surface area contributed by atoms with Crippen molar-refractivity contribution < 1.29 is 37.0 Å². The van der Waals surface area contributed by atoms with E-state index >= 15 is 0 Å². The Labute approximate surface area is 171 Å². The Morgan fingerprint density at radius 1 is 1.03 bits per heavy atom. The van der Waals surface area contributed by atoms with E-state index in [0.29, 0.717) is 34.1 Å². The van der Waals surface area contributed by atoms with Crippen LogP contribution in [0.15, 0.2) is 42.0 Å². The molecule has 1 fully saturated rings. The molecular weight excluding hydrogens is 429 g/mol. The van der Waals surface area contributed by atoms with Gasteiger partial charge in [-0.3, -0.25) is 14.9 Å². The second-order valence-electron chi connectivity index (χ2n) is 6.23. The van der Waals surface area contributed by atoms with Crippen LogP contribution in [0.4, 0.5) is 23.7 Å². The topological polar surface area (TPSA) is 84.9 Å². The highest BCUT2D eigenvalue weighted by Crippen LogP contribution is 2.37. The molecule has 2 aliphatic heterocycles. The van der Waals surface area contributed by atoms with E-state index in [1.165, 1.54) is 12.1 Å². The lowest BCUT2D eigenvalue weighted by molar-refractivity contribution is -0.137. The average Bonchev–Trinajstić information content (AvgIpc) is 3.13. The number of hydrogen-bond donors (Lipinski definition) is 1. The zero-order chi connectivity index (χ0) is 21.6. The first-order valence-electron chi connectivity index (χ1n) is 8.33. The number of rotatable bonds is 2. The molecular formula is C19H10ClF3N2O5. The lowest BCUT2D eigenvalue weighted by Gasteiger charge is -2.27. The first kappa shape index (κ1) is 19.8. The Kier molecular flexibility index (Phi) is 4.65. The van der Waals surface area contributed by atoms with Gasteiger partial charge in [0.05, 0.1) is 16.3 Å². The lowest BCUT2D eigenvalue weighted by Crippen LogP contribution is -2.54. The van der Waals surface area contributed by atoms with E-state index in [9.17, 15) is 27.6 Å². The molecule has 0 aromatic heterocycles. The third-order valence-corrected chi connectivity index (χ3v) is 4.64. The van der Waals surface area contributed by atoms with Crippen LogP contribution >= 0.6 is 11.6 Å². The van der Waals surface area contributed by atoms with Crippen LogP contribution in [0.1, 0.15) is 11.1 Å². The molecule has 30 heavy (non-hydrogen) atoms. The van der Waals surface area contributed by atoms with Gasteiger partial charge in [-0.15, -0.1) is 0 Å². The molecule has 2 aromatic carbocycles. The standard InChI is InChI=1S/C19H10ClF3N2O5/c20-12-3-2-10(19(21,22)23)7-13(12)25-17(27)11(16(26)24-18(25)28)5-9-1-4-14-15(6-9)30-8-29-14/h1-7H,8H2,(H,24,26,28)/b11-5-. The van der Waals surface area contributed by atoms with E-state index in [0.717, 1.165) is 6.07 Å². The maximum absolute atomic E-state index is 13.1. The number of carbonyl (C=O) groups excluding carboxylic acids is 3. The highest BCUT2D eigenvalue weighted by atomic mass is 35.5. The monoisotopic (exact) mass is 438 g/mol. The van der Waals surface area contributed by atoms with Crippen molar-refractivity contribution in [2.24, 2.45) is 0 Å². The van der Waals surface area contributed by atoms with Crippen LogP contribution in [-0.4, -0.2) is 24.6 Å². The van der Waals surface area contributed by atoms with Gasteiger partial charge in [0.1, 0.15) is 5.57 Å². The molecule has 4 rings (SSSR count). The first-order valence-corrected chi connectivity index (χ1v) is 8.71. The maximum atomic E-state index is 13.1. The number of anilines is 1. The molecule has 154 valence electrons. The number of nitrogens with zero attached hydrogens (tertiary/aromatic N) is 1. The maximum Gasteiger partial charge on any atom is 0.416 e. The van der Waals surface area contributed by atoms with E-state index in [-0.39, 0.29) is 11.8 Å². The molecule has 0 aliphatic carbocycles. The number of benzene rings is 2. The van der Waals surface area contributed by atoms with Crippen LogP contribution < -0.4 is 19.7 Å². The summed E-state index contributed by atoms with van der Waals surface area (Å²) in [6, 6.07) is 5.59. The Balaban J connectivity index is 1.75. The van der Waals surface area contributed by atoms with E-state index < -0.39 is 40.8 Å². The third kappa shape index (κ3) is 3.45. The number of fused-ring (bicyclic) bond motifs is 1. The van der Waals surface area contributed by atoms with Gasteiger partial charge in [0.25, 0.3) is 11.8 Å². The SMILES string of the molecule is O=C1NC(=O)N(c2cc(C(F)(F)F)ccc2Cl)C(=O)/C1=C\c1ccc2c(c1)OCO2. The van der Waals surface area contributed by atoms with Gasteiger partial charge in [0, 0.05) is 0 Å². The minimum Gasteiger partial charge on any atom is -0.454 e. The summed E-state index contributed by atoms with van der Waals surface area (Å²) in [4.78, 5) is 37.7. The summed E-state index contributed by atoms with van der Waals surface area (Å²) in [5, 5.41) is 1.65. The van der Waals surface area contributed by atoms with Crippen LogP contribution in [0.25, 0.3) is 6.08 Å². The van der Waals surface area contributed by atoms with E-state index in [4.69, 9.17) is 21.1 Å². The lowest BCUT2D eigenvalue weighted by atomic mass is 10.1. The van der Waals surface area contributed by atoms with Crippen LogP contribution in [0.5, 0.6) is 11.5 Å². The molecule has 0 unspecified atom stereocenters. The van der Waals surface area contributed by atoms with Gasteiger partial charge < -0.3 is 9.47 Å². The average molecular weight is 439 g/mol. The van der Waals surface area contributed by atoms with Gasteiger partial charge in [0.15, 0.2) is 11.5 Å². The number of imide groups is 2. The molecule has 2 aromatic rings.